The first-order valence-electron chi connectivity index (χ1n) is 7.17. The Bertz CT molecular complexity index is 728. The topological polar surface area (TPSA) is 98.4 Å². The molecule has 0 radical (unpaired) electrons. The number of carbonyl (C=O) groups excluding carboxylic acids is 1. The van der Waals surface area contributed by atoms with E-state index in [2.05, 4.69) is 10.4 Å². The van der Waals surface area contributed by atoms with Crippen LogP contribution >= 0.6 is 0 Å². The van der Waals surface area contributed by atoms with Crippen molar-refractivity contribution in [2.75, 3.05) is 5.43 Å². The molecule has 0 unspecified atom stereocenters. The van der Waals surface area contributed by atoms with Crippen LogP contribution in [-0.2, 0) is 17.7 Å². The number of ether oxygens (including phenoxy) is 1. The fraction of sp³-hybridized carbons (Fsp3) is 0.400. The van der Waals surface area contributed by atoms with Crippen LogP contribution in [0.5, 0.6) is 5.88 Å². The van der Waals surface area contributed by atoms with Gasteiger partial charge in [-0.3, -0.25) is 9.55 Å². The monoisotopic (exact) mass is 320 g/mol. The van der Waals surface area contributed by atoms with Gasteiger partial charge in [0.15, 0.2) is 0 Å². The van der Waals surface area contributed by atoms with Gasteiger partial charge in [0.2, 0.25) is 5.88 Å². The predicted molar refractivity (Wildman–Crippen MR) is 83.9 cm³/mol. The van der Waals surface area contributed by atoms with E-state index in [1.807, 2.05) is 18.2 Å². The zero-order chi connectivity index (χ0) is 17.0. The summed E-state index contributed by atoms with van der Waals surface area (Å²) in [5.41, 5.74) is 1.77. The number of pyridine rings is 1. The van der Waals surface area contributed by atoms with Gasteiger partial charge in [-0.05, 0) is 32.9 Å². The molecule has 23 heavy (non-hydrogen) atoms. The van der Waals surface area contributed by atoms with E-state index in [9.17, 15) is 14.7 Å². The number of aromatic hydroxyl groups is 1. The highest BCUT2D eigenvalue weighted by atomic mass is 16.6. The summed E-state index contributed by atoms with van der Waals surface area (Å²) in [6, 6.07) is 5.52. The summed E-state index contributed by atoms with van der Waals surface area (Å²) in [7, 11) is 0. The lowest BCUT2D eigenvalue weighted by Crippen LogP contribution is -2.37. The second kappa shape index (κ2) is 6.55. The normalized spacial score (nSPS) is 11.3. The summed E-state index contributed by atoms with van der Waals surface area (Å²) in [6.45, 7) is 5.43. The predicted octanol–water partition coefficient (Wildman–Crippen LogP) is 1.47. The molecule has 2 N–H and O–H groups in total. The number of amides is 1. The quantitative estimate of drug-likeness (QED) is 0.889. The summed E-state index contributed by atoms with van der Waals surface area (Å²) in [5, 5.41) is 9.81. The Hall–Kier alpha value is -2.77. The van der Waals surface area contributed by atoms with Crippen molar-refractivity contribution in [3.63, 3.8) is 0 Å². The van der Waals surface area contributed by atoms with Crippen molar-refractivity contribution in [3.8, 4) is 5.88 Å². The van der Waals surface area contributed by atoms with Gasteiger partial charge in [-0.1, -0.05) is 6.07 Å². The van der Waals surface area contributed by atoms with Crippen molar-refractivity contribution in [1.82, 2.24) is 14.2 Å². The Morgan fingerprint density at radius 1 is 1.39 bits per heavy atom. The summed E-state index contributed by atoms with van der Waals surface area (Å²) in [5.74, 6) is -0.373. The third kappa shape index (κ3) is 4.60. The van der Waals surface area contributed by atoms with Gasteiger partial charge >= 0.3 is 11.8 Å². The lowest BCUT2D eigenvalue weighted by molar-refractivity contribution is 0.0609. The van der Waals surface area contributed by atoms with Crippen LogP contribution in [0.25, 0.3) is 0 Å². The Kier molecular flexibility index (Phi) is 4.73. The second-order valence-electron chi connectivity index (χ2n) is 5.98. The smallest absolute Gasteiger partial charge is 0.427 e. The molecule has 2 heterocycles. The van der Waals surface area contributed by atoms with E-state index in [1.165, 1.54) is 10.8 Å². The van der Waals surface area contributed by atoms with Gasteiger partial charge < -0.3 is 9.84 Å². The molecule has 0 aliphatic carbocycles. The maximum Gasteiger partial charge on any atom is 0.427 e. The summed E-state index contributed by atoms with van der Waals surface area (Å²) in [4.78, 5) is 28.1. The highest BCUT2D eigenvalue weighted by Gasteiger charge is 2.19. The van der Waals surface area contributed by atoms with Crippen molar-refractivity contribution in [3.05, 3.63) is 46.8 Å². The minimum absolute atomic E-state index is 0.326. The number of nitrogens with one attached hydrogen (secondary N) is 1. The maximum atomic E-state index is 12.2. The van der Waals surface area contributed by atoms with Crippen LogP contribution in [0, 0.1) is 0 Å². The minimum Gasteiger partial charge on any atom is -0.492 e. The molecule has 0 saturated carbocycles. The van der Waals surface area contributed by atoms with E-state index in [-0.39, 0.29) is 5.88 Å². The first-order chi connectivity index (χ1) is 10.8. The number of nitrogens with zero attached hydrogens (tertiary/aromatic N) is 3. The molecule has 8 heteroatoms. The fourth-order valence-corrected chi connectivity index (χ4v) is 1.92. The largest absolute Gasteiger partial charge is 0.492 e. The average molecular weight is 320 g/mol. The van der Waals surface area contributed by atoms with Gasteiger partial charge in [-0.15, -0.1) is 0 Å². The van der Waals surface area contributed by atoms with Crippen LogP contribution in [-0.4, -0.2) is 31.0 Å². The molecule has 0 spiro atoms. The Morgan fingerprint density at radius 3 is 2.74 bits per heavy atom. The maximum absolute atomic E-state index is 12.2. The molecule has 0 bridgehead atoms. The molecule has 0 aliphatic rings. The number of aryl methyl sites for hydroxylation is 2. The second-order valence-corrected chi connectivity index (χ2v) is 5.98. The van der Waals surface area contributed by atoms with Crippen molar-refractivity contribution in [2.24, 2.45) is 0 Å². The third-order valence-corrected chi connectivity index (χ3v) is 2.87. The van der Waals surface area contributed by atoms with E-state index in [1.54, 1.807) is 27.0 Å². The molecule has 0 atom stereocenters. The average Bonchev–Trinajstić information content (AvgIpc) is 2.72. The minimum atomic E-state index is -0.822. The van der Waals surface area contributed by atoms with E-state index >= 15 is 0 Å². The highest BCUT2D eigenvalue weighted by molar-refractivity contribution is 5.76. The fourth-order valence-electron chi connectivity index (χ4n) is 1.92. The third-order valence-electron chi connectivity index (χ3n) is 2.87. The molecule has 0 fully saturated rings. The van der Waals surface area contributed by atoms with Crippen LogP contribution in [0.2, 0.25) is 0 Å². The lowest BCUT2D eigenvalue weighted by atomic mass is 10.2. The number of hydrogen-bond donors (Lipinski definition) is 2. The van der Waals surface area contributed by atoms with Crippen LogP contribution in [0.15, 0.2) is 35.4 Å². The molecule has 0 aromatic carbocycles. The number of hydrogen-bond acceptors (Lipinski definition) is 5. The number of rotatable bonds is 4. The highest BCUT2D eigenvalue weighted by Crippen LogP contribution is 2.09. The van der Waals surface area contributed by atoms with Gasteiger partial charge in [0.05, 0.1) is 6.20 Å². The van der Waals surface area contributed by atoms with Crippen molar-refractivity contribution in [1.29, 1.82) is 0 Å². The van der Waals surface area contributed by atoms with Crippen LogP contribution in [0.3, 0.4) is 0 Å². The van der Waals surface area contributed by atoms with Crippen LogP contribution in [0.4, 0.5) is 4.79 Å². The summed E-state index contributed by atoms with van der Waals surface area (Å²) < 4.78 is 7.09. The van der Waals surface area contributed by atoms with E-state index in [0.29, 0.717) is 13.0 Å². The van der Waals surface area contributed by atoms with E-state index in [0.717, 1.165) is 10.4 Å². The molecule has 1 amide bonds. The number of imidazole rings is 1. The molecule has 2 aromatic rings. The number of carbonyl (C=O) groups is 1. The SMILES string of the molecule is CC(C)(C)OC(=O)Nn1c(O)cn(CCc2ccccn2)c1=O. The first-order valence-corrected chi connectivity index (χ1v) is 7.17. The van der Waals surface area contributed by atoms with Gasteiger partial charge in [0.1, 0.15) is 5.60 Å². The van der Waals surface area contributed by atoms with E-state index < -0.39 is 17.4 Å². The molecular weight excluding hydrogens is 300 g/mol. The van der Waals surface area contributed by atoms with Gasteiger partial charge in [0, 0.05) is 24.9 Å². The zero-order valence-corrected chi connectivity index (χ0v) is 13.3. The van der Waals surface area contributed by atoms with Crippen LogP contribution in [0.1, 0.15) is 26.5 Å². The van der Waals surface area contributed by atoms with Crippen molar-refractivity contribution < 1.29 is 14.6 Å². The molecule has 2 rings (SSSR count). The standard InChI is InChI=1S/C15H20N4O4/c1-15(2,3)23-13(21)17-19-12(20)10-18(14(19)22)9-7-11-6-4-5-8-16-11/h4-6,8,10,20H,7,9H2,1-3H3,(H,17,21). The van der Waals surface area contributed by atoms with E-state index in [4.69, 9.17) is 4.74 Å². The summed E-state index contributed by atoms with van der Waals surface area (Å²) >= 11 is 0. The van der Waals surface area contributed by atoms with Gasteiger partial charge in [-0.25, -0.2) is 15.0 Å². The van der Waals surface area contributed by atoms with Gasteiger partial charge in [-0.2, -0.15) is 4.68 Å². The molecule has 0 saturated heterocycles. The number of aromatic nitrogens is 3. The zero-order valence-electron chi connectivity index (χ0n) is 13.3. The molecule has 8 nitrogen and oxygen atoms in total. The molecule has 124 valence electrons. The van der Waals surface area contributed by atoms with Gasteiger partial charge in [0.25, 0.3) is 0 Å². The van der Waals surface area contributed by atoms with Crippen LogP contribution < -0.4 is 11.1 Å². The Labute approximate surface area is 133 Å². The summed E-state index contributed by atoms with van der Waals surface area (Å²) in [6.07, 6.45) is 2.63. The molecule has 0 aliphatic heterocycles. The molecular formula is C15H20N4O4. The lowest BCUT2D eigenvalue weighted by Gasteiger charge is -2.19. The Balaban J connectivity index is 2.07. The molecule has 2 aromatic heterocycles. The van der Waals surface area contributed by atoms with Crippen molar-refractivity contribution in [2.45, 2.75) is 39.3 Å². The van der Waals surface area contributed by atoms with Crippen molar-refractivity contribution >= 4 is 6.09 Å². The Morgan fingerprint density at radius 2 is 2.13 bits per heavy atom. The first kappa shape index (κ1) is 16.6.